The Balaban J connectivity index is 1.61. The number of carbonyl (C=O) groups is 1. The molecule has 2 amide bonds. The molecule has 22 heavy (non-hydrogen) atoms. The summed E-state index contributed by atoms with van der Waals surface area (Å²) in [6.45, 7) is 8.20. The van der Waals surface area contributed by atoms with E-state index in [1.54, 1.807) is 0 Å². The molecule has 2 fully saturated rings. The molecule has 1 saturated carbocycles. The topological polar surface area (TPSA) is 64.6 Å². The van der Waals surface area contributed by atoms with Crippen LogP contribution in [0, 0.1) is 11.8 Å². The number of hydrogen-bond donors (Lipinski definition) is 3. The lowest BCUT2D eigenvalue weighted by Gasteiger charge is -2.35. The van der Waals surface area contributed by atoms with Crippen molar-refractivity contribution in [2.45, 2.75) is 64.5 Å². The second-order valence-corrected chi connectivity index (χ2v) is 7.37. The maximum Gasteiger partial charge on any atom is 0.314 e. The molecule has 0 aromatic heterocycles. The van der Waals surface area contributed by atoms with Crippen LogP contribution in [0.1, 0.15) is 52.4 Å². The van der Waals surface area contributed by atoms with Gasteiger partial charge in [-0.25, -0.2) is 4.79 Å². The van der Waals surface area contributed by atoms with Gasteiger partial charge < -0.3 is 20.6 Å². The van der Waals surface area contributed by atoms with Gasteiger partial charge in [0.25, 0.3) is 0 Å². The van der Waals surface area contributed by atoms with Crippen LogP contribution >= 0.6 is 0 Å². The van der Waals surface area contributed by atoms with Crippen molar-refractivity contribution < 1.29 is 9.90 Å². The molecule has 0 bridgehead atoms. The molecule has 1 heterocycles. The number of urea groups is 1. The largest absolute Gasteiger partial charge is 0.393 e. The fourth-order valence-electron chi connectivity index (χ4n) is 3.72. The third-order valence-corrected chi connectivity index (χ3v) is 5.14. The molecule has 1 aliphatic carbocycles. The summed E-state index contributed by atoms with van der Waals surface area (Å²) in [5.41, 5.74) is 0. The van der Waals surface area contributed by atoms with Crippen LogP contribution in [0.3, 0.4) is 0 Å². The van der Waals surface area contributed by atoms with Crippen LogP contribution in [0.15, 0.2) is 0 Å². The van der Waals surface area contributed by atoms with E-state index in [-0.39, 0.29) is 12.1 Å². The maximum absolute atomic E-state index is 11.9. The second kappa shape index (κ2) is 8.73. The Morgan fingerprint density at radius 2 is 1.82 bits per heavy atom. The number of nitrogens with zero attached hydrogens (tertiary/aromatic N) is 1. The van der Waals surface area contributed by atoms with E-state index in [2.05, 4.69) is 29.4 Å². The van der Waals surface area contributed by atoms with E-state index < -0.39 is 0 Å². The van der Waals surface area contributed by atoms with Gasteiger partial charge in [-0.05, 0) is 64.3 Å². The standard InChI is InChI=1S/C17H33N3O2/c1-13(2)20-8-4-6-15(12-20)11-19-17(22)18-10-14-5-3-7-16(21)9-14/h13-16,21H,3-12H2,1-2H3,(H2,18,19,22). The fraction of sp³-hybridized carbons (Fsp3) is 0.941. The van der Waals surface area contributed by atoms with Gasteiger partial charge >= 0.3 is 6.03 Å². The molecule has 0 aromatic carbocycles. The number of rotatable bonds is 5. The number of piperidine rings is 1. The number of likely N-dealkylation sites (tertiary alicyclic amines) is 1. The summed E-state index contributed by atoms with van der Waals surface area (Å²) in [5, 5.41) is 15.7. The molecule has 2 rings (SSSR count). The Labute approximate surface area is 134 Å². The Morgan fingerprint density at radius 1 is 1.14 bits per heavy atom. The van der Waals surface area contributed by atoms with Crippen LogP contribution in [0.4, 0.5) is 4.79 Å². The molecule has 128 valence electrons. The Bertz CT molecular complexity index is 349. The van der Waals surface area contributed by atoms with Gasteiger partial charge in [0.05, 0.1) is 6.10 Å². The molecule has 3 unspecified atom stereocenters. The van der Waals surface area contributed by atoms with Crippen molar-refractivity contribution >= 4 is 6.03 Å². The minimum absolute atomic E-state index is 0.0540. The first kappa shape index (κ1) is 17.5. The molecule has 2 aliphatic rings. The van der Waals surface area contributed by atoms with Gasteiger partial charge in [0.1, 0.15) is 0 Å². The van der Waals surface area contributed by atoms with Crippen molar-refractivity contribution in [2.75, 3.05) is 26.2 Å². The average molecular weight is 311 g/mol. The predicted octanol–water partition coefficient (Wildman–Crippen LogP) is 1.96. The zero-order chi connectivity index (χ0) is 15.9. The van der Waals surface area contributed by atoms with Crippen LogP contribution in [0.25, 0.3) is 0 Å². The first-order valence-corrected chi connectivity index (χ1v) is 8.98. The lowest BCUT2D eigenvalue weighted by atomic mass is 9.87. The Hall–Kier alpha value is -0.810. The Kier molecular flexibility index (Phi) is 6.96. The normalized spacial score (nSPS) is 30.3. The number of amides is 2. The van der Waals surface area contributed by atoms with Gasteiger partial charge in [0.15, 0.2) is 0 Å². The van der Waals surface area contributed by atoms with Crippen molar-refractivity contribution in [3.63, 3.8) is 0 Å². The molecule has 3 N–H and O–H groups in total. The van der Waals surface area contributed by atoms with Crippen LogP contribution in [-0.2, 0) is 0 Å². The highest BCUT2D eigenvalue weighted by atomic mass is 16.3. The zero-order valence-corrected chi connectivity index (χ0v) is 14.2. The van der Waals surface area contributed by atoms with Gasteiger partial charge in [0.2, 0.25) is 0 Å². The smallest absolute Gasteiger partial charge is 0.314 e. The van der Waals surface area contributed by atoms with E-state index in [1.165, 1.54) is 19.4 Å². The van der Waals surface area contributed by atoms with Gasteiger partial charge in [-0.3, -0.25) is 0 Å². The highest BCUT2D eigenvalue weighted by Gasteiger charge is 2.23. The van der Waals surface area contributed by atoms with Crippen molar-refractivity contribution in [3.8, 4) is 0 Å². The van der Waals surface area contributed by atoms with E-state index in [1.807, 2.05) is 0 Å². The fourth-order valence-corrected chi connectivity index (χ4v) is 3.72. The molecular weight excluding hydrogens is 278 g/mol. The monoisotopic (exact) mass is 311 g/mol. The van der Waals surface area contributed by atoms with E-state index in [0.717, 1.165) is 38.8 Å². The van der Waals surface area contributed by atoms with Gasteiger partial charge in [-0.2, -0.15) is 0 Å². The average Bonchev–Trinajstić information content (AvgIpc) is 2.51. The molecule has 0 spiro atoms. The van der Waals surface area contributed by atoms with Gasteiger partial charge in [-0.15, -0.1) is 0 Å². The SMILES string of the molecule is CC(C)N1CCCC(CNC(=O)NCC2CCCC(O)C2)C1. The number of hydrogen-bond acceptors (Lipinski definition) is 3. The van der Waals surface area contributed by atoms with Crippen LogP contribution < -0.4 is 10.6 Å². The highest BCUT2D eigenvalue weighted by molar-refractivity contribution is 5.73. The third kappa shape index (κ3) is 5.76. The molecule has 3 atom stereocenters. The predicted molar refractivity (Wildman–Crippen MR) is 88.8 cm³/mol. The number of nitrogens with one attached hydrogen (secondary N) is 2. The summed E-state index contributed by atoms with van der Waals surface area (Å²) in [7, 11) is 0. The van der Waals surface area contributed by atoms with Gasteiger partial charge in [-0.1, -0.05) is 6.42 Å². The molecule has 1 aliphatic heterocycles. The molecule has 5 nitrogen and oxygen atoms in total. The van der Waals surface area contributed by atoms with Gasteiger partial charge in [0, 0.05) is 25.7 Å². The molecule has 1 saturated heterocycles. The molecular formula is C17H33N3O2. The van der Waals surface area contributed by atoms with Crippen molar-refractivity contribution in [1.82, 2.24) is 15.5 Å². The summed E-state index contributed by atoms with van der Waals surface area (Å²) >= 11 is 0. The number of aliphatic hydroxyl groups is 1. The summed E-state index contributed by atoms with van der Waals surface area (Å²) in [5.74, 6) is 0.999. The minimum Gasteiger partial charge on any atom is -0.393 e. The summed E-state index contributed by atoms with van der Waals surface area (Å²) in [4.78, 5) is 14.4. The first-order valence-electron chi connectivity index (χ1n) is 8.98. The molecule has 0 aromatic rings. The zero-order valence-electron chi connectivity index (χ0n) is 14.2. The number of carbonyl (C=O) groups excluding carboxylic acids is 1. The van der Waals surface area contributed by atoms with E-state index in [0.29, 0.717) is 24.4 Å². The van der Waals surface area contributed by atoms with Crippen molar-refractivity contribution in [2.24, 2.45) is 11.8 Å². The first-order chi connectivity index (χ1) is 10.5. The second-order valence-electron chi connectivity index (χ2n) is 7.37. The highest BCUT2D eigenvalue weighted by Crippen LogP contribution is 2.23. The summed E-state index contributed by atoms with van der Waals surface area (Å²) in [6.07, 6.45) is 6.19. The molecule has 5 heteroatoms. The van der Waals surface area contributed by atoms with E-state index in [4.69, 9.17) is 0 Å². The van der Waals surface area contributed by atoms with Crippen LogP contribution in [0.5, 0.6) is 0 Å². The van der Waals surface area contributed by atoms with E-state index >= 15 is 0 Å². The summed E-state index contributed by atoms with van der Waals surface area (Å²) < 4.78 is 0. The number of aliphatic hydroxyl groups excluding tert-OH is 1. The quantitative estimate of drug-likeness (QED) is 0.727. The van der Waals surface area contributed by atoms with E-state index in [9.17, 15) is 9.90 Å². The van der Waals surface area contributed by atoms with Crippen molar-refractivity contribution in [3.05, 3.63) is 0 Å². The Morgan fingerprint density at radius 3 is 2.50 bits per heavy atom. The third-order valence-electron chi connectivity index (χ3n) is 5.14. The summed E-state index contributed by atoms with van der Waals surface area (Å²) in [6, 6.07) is 0.538. The molecule has 0 radical (unpaired) electrons. The van der Waals surface area contributed by atoms with Crippen LogP contribution in [0.2, 0.25) is 0 Å². The lowest BCUT2D eigenvalue weighted by molar-refractivity contribution is 0.101. The van der Waals surface area contributed by atoms with Crippen LogP contribution in [-0.4, -0.2) is 54.4 Å². The lowest BCUT2D eigenvalue weighted by Crippen LogP contribution is -2.46. The van der Waals surface area contributed by atoms with Crippen molar-refractivity contribution in [1.29, 1.82) is 0 Å². The maximum atomic E-state index is 11.9. The minimum atomic E-state index is -0.173.